The number of hydrogen-bond donors (Lipinski definition) is 1. The minimum atomic E-state index is -0.963. The first-order valence-corrected chi connectivity index (χ1v) is 8.58. The SMILES string of the molecule is Cc1c2c(n(CCN(C)C)c1C(=O)O)CC(c1ccccc1)CC2=O. The second-order valence-electron chi connectivity index (χ2n) is 6.99. The molecular formula is C20H24N2O3. The molecule has 3 rings (SSSR count). The topological polar surface area (TPSA) is 62.5 Å². The standard InChI is InChI=1S/C20H24N2O3/c1-13-18-16(22(10-9-21(2)3)19(13)20(24)25)11-15(12-17(18)23)14-7-5-4-6-8-14/h4-8,15H,9-12H2,1-3H3,(H,24,25). The van der Waals surface area contributed by atoms with Crippen molar-refractivity contribution in [3.63, 3.8) is 0 Å². The Morgan fingerprint density at radius 3 is 2.52 bits per heavy atom. The molecule has 1 aromatic heterocycles. The van der Waals surface area contributed by atoms with Gasteiger partial charge in [-0.2, -0.15) is 0 Å². The van der Waals surface area contributed by atoms with Gasteiger partial charge in [0, 0.05) is 30.8 Å². The van der Waals surface area contributed by atoms with E-state index in [4.69, 9.17) is 0 Å². The molecule has 25 heavy (non-hydrogen) atoms. The van der Waals surface area contributed by atoms with Crippen molar-refractivity contribution >= 4 is 11.8 Å². The third-order valence-electron chi connectivity index (χ3n) is 5.01. The monoisotopic (exact) mass is 340 g/mol. The summed E-state index contributed by atoms with van der Waals surface area (Å²) in [5.74, 6) is -0.802. The molecule has 1 aliphatic carbocycles. The fraction of sp³-hybridized carbons (Fsp3) is 0.400. The molecule has 1 aliphatic rings. The number of rotatable bonds is 5. The zero-order chi connectivity index (χ0) is 18.1. The number of carbonyl (C=O) groups excluding carboxylic acids is 1. The van der Waals surface area contributed by atoms with Gasteiger partial charge in [0.25, 0.3) is 0 Å². The smallest absolute Gasteiger partial charge is 0.352 e. The lowest BCUT2D eigenvalue weighted by molar-refractivity contribution is 0.0683. The van der Waals surface area contributed by atoms with E-state index < -0.39 is 5.97 Å². The van der Waals surface area contributed by atoms with Gasteiger partial charge in [0.05, 0.1) is 0 Å². The minimum Gasteiger partial charge on any atom is -0.477 e. The molecule has 1 aromatic carbocycles. The van der Waals surface area contributed by atoms with Crippen molar-refractivity contribution in [3.05, 3.63) is 58.4 Å². The van der Waals surface area contributed by atoms with Crippen LogP contribution in [-0.2, 0) is 13.0 Å². The molecule has 5 heteroatoms. The molecule has 132 valence electrons. The number of Topliss-reactive ketones (excluding diaryl/α,β-unsaturated/α-hetero) is 1. The predicted octanol–water partition coefficient (Wildman–Crippen LogP) is 2.97. The Morgan fingerprint density at radius 2 is 1.92 bits per heavy atom. The predicted molar refractivity (Wildman–Crippen MR) is 96.5 cm³/mol. The molecule has 0 bridgehead atoms. The maximum absolute atomic E-state index is 12.8. The van der Waals surface area contributed by atoms with Gasteiger partial charge in [0.1, 0.15) is 5.69 Å². The van der Waals surface area contributed by atoms with Crippen molar-refractivity contribution < 1.29 is 14.7 Å². The average Bonchev–Trinajstić information content (AvgIpc) is 2.86. The molecule has 0 spiro atoms. The number of aromatic carboxylic acids is 1. The lowest BCUT2D eigenvalue weighted by Crippen LogP contribution is -2.25. The fourth-order valence-electron chi connectivity index (χ4n) is 3.80. The molecule has 1 unspecified atom stereocenters. The summed E-state index contributed by atoms with van der Waals surface area (Å²) in [7, 11) is 3.92. The van der Waals surface area contributed by atoms with Crippen LogP contribution in [0.3, 0.4) is 0 Å². The van der Waals surface area contributed by atoms with Crippen molar-refractivity contribution in [2.75, 3.05) is 20.6 Å². The second kappa shape index (κ2) is 6.84. The van der Waals surface area contributed by atoms with Crippen molar-refractivity contribution in [3.8, 4) is 0 Å². The van der Waals surface area contributed by atoms with Crippen LogP contribution in [0.15, 0.2) is 30.3 Å². The highest BCUT2D eigenvalue weighted by Gasteiger charge is 2.34. The van der Waals surface area contributed by atoms with Crippen LogP contribution in [0.2, 0.25) is 0 Å². The summed E-state index contributed by atoms with van der Waals surface area (Å²) in [6.07, 6.45) is 1.14. The quantitative estimate of drug-likeness (QED) is 0.909. The van der Waals surface area contributed by atoms with E-state index in [0.717, 1.165) is 17.8 Å². The molecule has 1 atom stereocenters. The molecule has 1 N–H and O–H groups in total. The van der Waals surface area contributed by atoms with Gasteiger partial charge in [-0.3, -0.25) is 4.79 Å². The molecule has 0 radical (unpaired) electrons. The Labute approximate surface area is 147 Å². The normalized spacial score (nSPS) is 17.0. The molecule has 5 nitrogen and oxygen atoms in total. The average molecular weight is 340 g/mol. The number of likely N-dealkylation sites (N-methyl/N-ethyl adjacent to an activating group) is 1. The molecular weight excluding hydrogens is 316 g/mol. The van der Waals surface area contributed by atoms with E-state index in [9.17, 15) is 14.7 Å². The number of carboxylic acids is 1. The van der Waals surface area contributed by atoms with Crippen LogP contribution in [0.4, 0.5) is 0 Å². The van der Waals surface area contributed by atoms with Crippen molar-refractivity contribution in [1.82, 2.24) is 9.47 Å². The summed E-state index contributed by atoms with van der Waals surface area (Å²) in [5, 5.41) is 9.68. The van der Waals surface area contributed by atoms with Crippen LogP contribution in [0.1, 0.15) is 50.0 Å². The van der Waals surface area contributed by atoms with Crippen LogP contribution in [0.5, 0.6) is 0 Å². The van der Waals surface area contributed by atoms with E-state index in [1.807, 2.05) is 53.9 Å². The molecule has 2 aromatic rings. The van der Waals surface area contributed by atoms with Gasteiger partial charge in [-0.15, -0.1) is 0 Å². The van der Waals surface area contributed by atoms with Crippen molar-refractivity contribution in [2.24, 2.45) is 0 Å². The zero-order valence-corrected chi connectivity index (χ0v) is 15.0. The van der Waals surface area contributed by atoms with Gasteiger partial charge in [-0.1, -0.05) is 30.3 Å². The Kier molecular flexibility index (Phi) is 4.77. The third-order valence-corrected chi connectivity index (χ3v) is 5.01. The van der Waals surface area contributed by atoms with Gasteiger partial charge in [0.2, 0.25) is 0 Å². The first kappa shape index (κ1) is 17.4. The number of benzene rings is 1. The number of ketones is 1. The van der Waals surface area contributed by atoms with E-state index in [2.05, 4.69) is 0 Å². The van der Waals surface area contributed by atoms with Crippen LogP contribution in [0, 0.1) is 6.92 Å². The van der Waals surface area contributed by atoms with Crippen LogP contribution in [-0.4, -0.2) is 47.0 Å². The molecule has 0 saturated carbocycles. The van der Waals surface area contributed by atoms with Gasteiger partial charge in [-0.25, -0.2) is 4.79 Å². The minimum absolute atomic E-state index is 0.0544. The summed E-state index contributed by atoms with van der Waals surface area (Å²) in [6, 6.07) is 10.0. The molecule has 0 aliphatic heterocycles. The van der Waals surface area contributed by atoms with Gasteiger partial charge >= 0.3 is 5.97 Å². The highest BCUT2D eigenvalue weighted by molar-refractivity contribution is 6.03. The Balaban J connectivity index is 2.07. The summed E-state index contributed by atoms with van der Waals surface area (Å²) in [6.45, 7) is 3.06. The number of fused-ring (bicyclic) bond motifs is 1. The van der Waals surface area contributed by atoms with Crippen molar-refractivity contribution in [2.45, 2.75) is 32.2 Å². The lowest BCUT2D eigenvalue weighted by atomic mass is 9.81. The van der Waals surface area contributed by atoms with E-state index in [-0.39, 0.29) is 17.4 Å². The molecule has 1 heterocycles. The molecule has 0 saturated heterocycles. The first-order valence-electron chi connectivity index (χ1n) is 8.58. The number of nitrogens with zero attached hydrogens (tertiary/aromatic N) is 2. The van der Waals surface area contributed by atoms with Gasteiger partial charge in [-0.05, 0) is 44.5 Å². The Hall–Kier alpha value is -2.40. The summed E-state index contributed by atoms with van der Waals surface area (Å²) >= 11 is 0. The summed E-state index contributed by atoms with van der Waals surface area (Å²) < 4.78 is 1.85. The van der Waals surface area contributed by atoms with Crippen LogP contribution < -0.4 is 0 Å². The number of hydrogen-bond acceptors (Lipinski definition) is 3. The highest BCUT2D eigenvalue weighted by atomic mass is 16.4. The largest absolute Gasteiger partial charge is 0.477 e. The van der Waals surface area contributed by atoms with Gasteiger partial charge < -0.3 is 14.6 Å². The van der Waals surface area contributed by atoms with Gasteiger partial charge in [0.15, 0.2) is 5.78 Å². The maximum Gasteiger partial charge on any atom is 0.352 e. The molecule has 0 amide bonds. The summed E-state index contributed by atoms with van der Waals surface area (Å²) in [4.78, 5) is 26.6. The van der Waals surface area contributed by atoms with E-state index in [1.54, 1.807) is 6.92 Å². The molecule has 0 fully saturated rings. The number of carboxylic acid groups (broad SMARTS) is 1. The summed E-state index contributed by atoms with van der Waals surface area (Å²) in [5.41, 5.74) is 3.51. The fourth-order valence-corrected chi connectivity index (χ4v) is 3.80. The highest BCUT2D eigenvalue weighted by Crippen LogP contribution is 2.36. The first-order chi connectivity index (χ1) is 11.9. The third kappa shape index (κ3) is 3.24. The van der Waals surface area contributed by atoms with Crippen LogP contribution in [0.25, 0.3) is 0 Å². The van der Waals surface area contributed by atoms with E-state index in [1.165, 1.54) is 0 Å². The zero-order valence-electron chi connectivity index (χ0n) is 15.0. The maximum atomic E-state index is 12.8. The lowest BCUT2D eigenvalue weighted by Gasteiger charge is -2.24. The number of aromatic nitrogens is 1. The van der Waals surface area contributed by atoms with Crippen molar-refractivity contribution in [1.29, 1.82) is 0 Å². The van der Waals surface area contributed by atoms with Crippen LogP contribution >= 0.6 is 0 Å². The second-order valence-corrected chi connectivity index (χ2v) is 6.99. The Morgan fingerprint density at radius 1 is 1.24 bits per heavy atom. The number of carbonyl (C=O) groups is 2. The van der Waals surface area contributed by atoms with E-state index in [0.29, 0.717) is 30.5 Å². The Bertz CT molecular complexity index is 806. The van der Waals surface area contributed by atoms with E-state index >= 15 is 0 Å².